The Kier molecular flexibility index (Phi) is 3.78. The highest BCUT2D eigenvalue weighted by Gasteiger charge is 2.36. The first-order valence-corrected chi connectivity index (χ1v) is 7.36. The molecule has 0 heterocycles. The molecule has 2 heteroatoms. The maximum atomic E-state index is 5.88. The van der Waals surface area contributed by atoms with Crippen molar-refractivity contribution in [3.8, 4) is 0 Å². The first-order valence-electron chi connectivity index (χ1n) is 4.45. The maximum Gasteiger partial charge on any atom is 0.191 e. The van der Waals surface area contributed by atoms with Gasteiger partial charge in [-0.15, -0.1) is 0 Å². The fourth-order valence-corrected chi connectivity index (χ4v) is 1.72. The largest absolute Gasteiger partial charge is 0.417 e. The molecule has 0 N–H and O–H groups in total. The minimum absolute atomic E-state index is 0.363. The zero-order chi connectivity index (χ0) is 9.12. The second kappa shape index (κ2) is 3.72. The molecule has 0 aliphatic carbocycles. The molecule has 0 aromatic heterocycles. The van der Waals surface area contributed by atoms with Crippen LogP contribution in [0.25, 0.3) is 0 Å². The van der Waals surface area contributed by atoms with Crippen LogP contribution in [-0.2, 0) is 4.43 Å². The van der Waals surface area contributed by atoms with Gasteiger partial charge in [-0.1, -0.05) is 27.7 Å². The van der Waals surface area contributed by atoms with Gasteiger partial charge in [-0.25, -0.2) is 0 Å². The summed E-state index contributed by atoms with van der Waals surface area (Å²) in [6.45, 7) is 14.5. The van der Waals surface area contributed by atoms with Crippen molar-refractivity contribution in [1.82, 2.24) is 0 Å². The van der Waals surface area contributed by atoms with E-state index >= 15 is 0 Å². The van der Waals surface area contributed by atoms with Crippen molar-refractivity contribution in [2.45, 2.75) is 52.2 Å². The van der Waals surface area contributed by atoms with E-state index in [1.807, 2.05) is 0 Å². The summed E-state index contributed by atoms with van der Waals surface area (Å²) in [7, 11) is -1.43. The summed E-state index contributed by atoms with van der Waals surface area (Å²) >= 11 is 0. The molecule has 0 saturated carbocycles. The summed E-state index contributed by atoms with van der Waals surface area (Å²) in [6, 6.07) is 0. The molecule has 0 aromatic rings. The topological polar surface area (TPSA) is 9.23 Å². The molecule has 0 atom stereocenters. The van der Waals surface area contributed by atoms with Crippen molar-refractivity contribution in [2.75, 3.05) is 6.61 Å². The van der Waals surface area contributed by atoms with E-state index in [0.29, 0.717) is 5.04 Å². The lowest BCUT2D eigenvalue weighted by atomic mass is 10.2. The lowest BCUT2D eigenvalue weighted by Crippen LogP contribution is -2.40. The van der Waals surface area contributed by atoms with Crippen LogP contribution in [0.15, 0.2) is 0 Å². The molecule has 0 radical (unpaired) electrons. The average molecular weight is 174 g/mol. The predicted molar refractivity (Wildman–Crippen MR) is 53.4 cm³/mol. The van der Waals surface area contributed by atoms with Crippen molar-refractivity contribution >= 4 is 8.32 Å². The highest BCUT2D eigenvalue weighted by atomic mass is 28.4. The van der Waals surface area contributed by atoms with Crippen LogP contribution in [0.2, 0.25) is 18.1 Å². The second-order valence-corrected chi connectivity index (χ2v) is 9.42. The Labute approximate surface area is 72.3 Å². The van der Waals surface area contributed by atoms with Crippen LogP contribution in [0.3, 0.4) is 0 Å². The van der Waals surface area contributed by atoms with Gasteiger partial charge in [0.2, 0.25) is 0 Å². The molecule has 0 spiro atoms. The van der Waals surface area contributed by atoms with Crippen LogP contribution in [0, 0.1) is 0 Å². The van der Waals surface area contributed by atoms with Crippen molar-refractivity contribution < 1.29 is 4.43 Å². The van der Waals surface area contributed by atoms with Gasteiger partial charge in [-0.2, -0.15) is 0 Å². The summed E-state index contributed by atoms with van der Waals surface area (Å²) in [5.74, 6) is 0. The lowest BCUT2D eigenvalue weighted by Gasteiger charge is -2.36. The Morgan fingerprint density at radius 2 is 1.64 bits per heavy atom. The average Bonchev–Trinajstić information content (AvgIpc) is 1.81. The molecule has 11 heavy (non-hydrogen) atoms. The van der Waals surface area contributed by atoms with Gasteiger partial charge in [-0.05, 0) is 24.6 Å². The minimum Gasteiger partial charge on any atom is -0.417 e. The first kappa shape index (κ1) is 11.2. The summed E-state index contributed by atoms with van der Waals surface area (Å²) < 4.78 is 5.88. The first-order chi connectivity index (χ1) is 4.81. The quantitative estimate of drug-likeness (QED) is 0.596. The molecule has 0 bridgehead atoms. The minimum atomic E-state index is -1.43. The van der Waals surface area contributed by atoms with Gasteiger partial charge in [0.1, 0.15) is 0 Å². The van der Waals surface area contributed by atoms with Gasteiger partial charge < -0.3 is 4.43 Å². The Bertz CT molecular complexity index is 113. The Morgan fingerprint density at radius 3 is 1.91 bits per heavy atom. The summed E-state index contributed by atoms with van der Waals surface area (Å²) in [5, 5.41) is 0.363. The van der Waals surface area contributed by atoms with Gasteiger partial charge >= 0.3 is 0 Å². The highest BCUT2D eigenvalue weighted by Crippen LogP contribution is 2.36. The molecule has 0 aromatic carbocycles. The molecule has 0 aliphatic heterocycles. The maximum absolute atomic E-state index is 5.88. The van der Waals surface area contributed by atoms with Crippen LogP contribution in [0.4, 0.5) is 0 Å². The van der Waals surface area contributed by atoms with Crippen molar-refractivity contribution in [2.24, 2.45) is 0 Å². The molecule has 0 unspecified atom stereocenters. The third-order valence-electron chi connectivity index (χ3n) is 2.47. The molecular weight excluding hydrogens is 152 g/mol. The van der Waals surface area contributed by atoms with E-state index in [0.717, 1.165) is 13.0 Å². The van der Waals surface area contributed by atoms with E-state index in [-0.39, 0.29) is 0 Å². The molecule has 0 saturated heterocycles. The van der Waals surface area contributed by atoms with E-state index < -0.39 is 8.32 Å². The van der Waals surface area contributed by atoms with Gasteiger partial charge in [0.05, 0.1) is 0 Å². The SMILES string of the molecule is CCCO[Si](C)(C)C(C)(C)C. The molecule has 0 amide bonds. The number of hydrogen-bond acceptors (Lipinski definition) is 1. The van der Waals surface area contributed by atoms with Crippen LogP contribution < -0.4 is 0 Å². The van der Waals surface area contributed by atoms with Crippen LogP contribution in [0.5, 0.6) is 0 Å². The third-order valence-corrected chi connectivity index (χ3v) is 7.01. The van der Waals surface area contributed by atoms with Crippen LogP contribution in [-0.4, -0.2) is 14.9 Å². The fourth-order valence-electron chi connectivity index (χ4n) is 0.574. The van der Waals surface area contributed by atoms with Gasteiger partial charge in [0, 0.05) is 6.61 Å². The number of hydrogen-bond donors (Lipinski definition) is 0. The predicted octanol–water partition coefficient (Wildman–Crippen LogP) is 3.42. The van der Waals surface area contributed by atoms with Crippen LogP contribution in [0.1, 0.15) is 34.1 Å². The lowest BCUT2D eigenvalue weighted by molar-refractivity contribution is 0.288. The van der Waals surface area contributed by atoms with E-state index in [9.17, 15) is 0 Å². The number of rotatable bonds is 3. The van der Waals surface area contributed by atoms with Gasteiger partial charge in [0.25, 0.3) is 0 Å². The molecule has 1 nitrogen and oxygen atoms in total. The van der Waals surface area contributed by atoms with Crippen LogP contribution >= 0.6 is 0 Å². The highest BCUT2D eigenvalue weighted by molar-refractivity contribution is 6.74. The summed E-state index contributed by atoms with van der Waals surface area (Å²) in [4.78, 5) is 0. The Hall–Kier alpha value is 0.177. The van der Waals surface area contributed by atoms with E-state index in [2.05, 4.69) is 40.8 Å². The van der Waals surface area contributed by atoms with E-state index in [1.54, 1.807) is 0 Å². The Morgan fingerprint density at radius 1 is 1.18 bits per heavy atom. The molecular formula is C9H22OSi. The van der Waals surface area contributed by atoms with Gasteiger partial charge in [-0.3, -0.25) is 0 Å². The molecule has 0 rings (SSSR count). The summed E-state index contributed by atoms with van der Waals surface area (Å²) in [6.07, 6.45) is 1.13. The zero-order valence-corrected chi connectivity index (χ0v) is 9.82. The zero-order valence-electron chi connectivity index (χ0n) is 8.82. The van der Waals surface area contributed by atoms with Crippen molar-refractivity contribution in [1.29, 1.82) is 0 Å². The van der Waals surface area contributed by atoms with Crippen molar-refractivity contribution in [3.05, 3.63) is 0 Å². The normalized spacial score (nSPS) is 13.6. The summed E-state index contributed by atoms with van der Waals surface area (Å²) in [5.41, 5.74) is 0. The van der Waals surface area contributed by atoms with Crippen molar-refractivity contribution in [3.63, 3.8) is 0 Å². The van der Waals surface area contributed by atoms with E-state index in [4.69, 9.17) is 4.43 Å². The monoisotopic (exact) mass is 174 g/mol. The standard InChI is InChI=1S/C9H22OSi/c1-7-8-10-11(5,6)9(2,3)4/h7-8H2,1-6H3. The molecule has 0 aliphatic rings. The van der Waals surface area contributed by atoms with Gasteiger partial charge in [0.15, 0.2) is 8.32 Å². The third kappa shape index (κ3) is 3.39. The van der Waals surface area contributed by atoms with E-state index in [1.165, 1.54) is 0 Å². The fraction of sp³-hybridized carbons (Fsp3) is 1.00. The Balaban J connectivity index is 4.00. The molecule has 68 valence electrons. The smallest absolute Gasteiger partial charge is 0.191 e. The second-order valence-electron chi connectivity index (χ2n) is 4.61. The molecule has 0 fully saturated rings.